The molecule has 0 radical (unpaired) electrons. The topological polar surface area (TPSA) is 9.23 Å². The second kappa shape index (κ2) is 4.27. The molecule has 1 aliphatic rings. The fraction of sp³-hybridized carbons (Fsp3) is 0.0667. The van der Waals surface area contributed by atoms with E-state index < -0.39 is 0 Å². The lowest BCUT2D eigenvalue weighted by Crippen LogP contribution is -2.08. The predicted octanol–water partition coefficient (Wildman–Crippen LogP) is 4.49. The van der Waals surface area contributed by atoms with Gasteiger partial charge in [-0.1, -0.05) is 48.0 Å². The van der Waals surface area contributed by atoms with E-state index >= 15 is 0 Å². The van der Waals surface area contributed by atoms with Gasteiger partial charge in [-0.25, -0.2) is 0 Å². The molecule has 1 heterocycles. The number of hydrogen-bond donors (Lipinski definition) is 0. The lowest BCUT2D eigenvalue weighted by molar-refractivity contribution is 0.252. The fourth-order valence-corrected chi connectivity index (χ4v) is 2.13. The molecule has 0 fully saturated rings. The molecule has 0 saturated heterocycles. The zero-order chi connectivity index (χ0) is 11.7. The highest BCUT2D eigenvalue weighted by Crippen LogP contribution is 2.33. The lowest BCUT2D eigenvalue weighted by atomic mass is 10.0. The molecule has 0 saturated carbocycles. The van der Waals surface area contributed by atoms with E-state index in [1.807, 2.05) is 42.5 Å². The molecule has 1 atom stereocenters. The normalized spacial score (nSPS) is 17.4. The van der Waals surface area contributed by atoms with Gasteiger partial charge in [0, 0.05) is 10.6 Å². The molecular weight excluding hydrogens is 232 g/mol. The van der Waals surface area contributed by atoms with Gasteiger partial charge in [-0.3, -0.25) is 0 Å². The minimum atomic E-state index is -0.00937. The van der Waals surface area contributed by atoms with E-state index in [2.05, 4.69) is 18.2 Å². The average Bonchev–Trinajstić information content (AvgIpc) is 2.39. The first kappa shape index (κ1) is 10.4. The Bertz CT molecular complexity index is 560. The minimum Gasteiger partial charge on any atom is -0.481 e. The molecule has 0 spiro atoms. The fourth-order valence-electron chi connectivity index (χ4n) is 1.95. The molecule has 84 valence electrons. The highest BCUT2D eigenvalue weighted by molar-refractivity contribution is 6.30. The van der Waals surface area contributed by atoms with Gasteiger partial charge in [0.05, 0.1) is 0 Å². The molecular formula is C15H11ClO. The minimum absolute atomic E-state index is 0.00937. The monoisotopic (exact) mass is 242 g/mol. The van der Waals surface area contributed by atoms with Crippen molar-refractivity contribution < 1.29 is 4.74 Å². The number of hydrogen-bond acceptors (Lipinski definition) is 1. The Balaban J connectivity index is 1.94. The van der Waals surface area contributed by atoms with Crippen molar-refractivity contribution in [3.63, 3.8) is 0 Å². The van der Waals surface area contributed by atoms with Gasteiger partial charge in [0.2, 0.25) is 0 Å². The predicted molar refractivity (Wildman–Crippen MR) is 70.3 cm³/mol. The number of halogens is 1. The molecule has 1 nitrogen and oxygen atoms in total. The van der Waals surface area contributed by atoms with Gasteiger partial charge in [0.15, 0.2) is 0 Å². The van der Waals surface area contributed by atoms with Crippen LogP contribution in [0.15, 0.2) is 54.6 Å². The maximum absolute atomic E-state index is 5.94. The molecule has 2 aromatic rings. The summed E-state index contributed by atoms with van der Waals surface area (Å²) in [5, 5.41) is 0.732. The van der Waals surface area contributed by atoms with Crippen molar-refractivity contribution in [1.82, 2.24) is 0 Å². The van der Waals surface area contributed by atoms with Crippen molar-refractivity contribution in [3.05, 3.63) is 70.8 Å². The zero-order valence-electron chi connectivity index (χ0n) is 9.14. The van der Waals surface area contributed by atoms with Crippen LogP contribution >= 0.6 is 11.6 Å². The molecule has 0 aliphatic carbocycles. The van der Waals surface area contributed by atoms with Crippen LogP contribution in [0.3, 0.4) is 0 Å². The highest BCUT2D eigenvalue weighted by Gasteiger charge is 2.15. The Labute approximate surface area is 105 Å². The quantitative estimate of drug-likeness (QED) is 0.716. The molecule has 2 aromatic carbocycles. The second-order valence-corrected chi connectivity index (χ2v) is 4.43. The average molecular weight is 243 g/mol. The Morgan fingerprint density at radius 2 is 1.82 bits per heavy atom. The molecule has 0 aromatic heterocycles. The molecule has 0 amide bonds. The van der Waals surface area contributed by atoms with Crippen LogP contribution in [0.4, 0.5) is 0 Å². The van der Waals surface area contributed by atoms with E-state index in [0.717, 1.165) is 21.9 Å². The van der Waals surface area contributed by atoms with E-state index in [4.69, 9.17) is 16.3 Å². The van der Waals surface area contributed by atoms with Gasteiger partial charge in [-0.15, -0.1) is 0 Å². The summed E-state index contributed by atoms with van der Waals surface area (Å²) in [4.78, 5) is 0. The highest BCUT2D eigenvalue weighted by atomic mass is 35.5. The van der Waals surface area contributed by atoms with Gasteiger partial charge in [0.1, 0.15) is 11.9 Å². The summed E-state index contributed by atoms with van der Waals surface area (Å²) < 4.78 is 5.93. The van der Waals surface area contributed by atoms with Crippen LogP contribution in [0.5, 0.6) is 5.75 Å². The standard InChI is InChI=1S/C15H11ClO/c16-13-7-9-15-12(10-13)6-8-14(17-15)11-4-2-1-3-5-11/h1-10,14H/t14-/m1/s1. The molecule has 0 bridgehead atoms. The van der Waals surface area contributed by atoms with E-state index in [9.17, 15) is 0 Å². The molecule has 0 N–H and O–H groups in total. The Morgan fingerprint density at radius 3 is 2.65 bits per heavy atom. The third kappa shape index (κ3) is 2.06. The van der Waals surface area contributed by atoms with Crippen LogP contribution in [0.25, 0.3) is 6.08 Å². The van der Waals surface area contributed by atoms with E-state index in [0.29, 0.717) is 0 Å². The van der Waals surface area contributed by atoms with Crippen molar-refractivity contribution in [2.24, 2.45) is 0 Å². The van der Waals surface area contributed by atoms with Crippen molar-refractivity contribution in [2.75, 3.05) is 0 Å². The van der Waals surface area contributed by atoms with Gasteiger partial charge in [-0.2, -0.15) is 0 Å². The summed E-state index contributed by atoms with van der Waals surface area (Å²) >= 11 is 5.94. The summed E-state index contributed by atoms with van der Waals surface area (Å²) in [5.74, 6) is 0.880. The largest absolute Gasteiger partial charge is 0.481 e. The maximum Gasteiger partial charge on any atom is 0.142 e. The Kier molecular flexibility index (Phi) is 2.62. The molecule has 17 heavy (non-hydrogen) atoms. The van der Waals surface area contributed by atoms with Crippen molar-refractivity contribution in [2.45, 2.75) is 6.10 Å². The van der Waals surface area contributed by atoms with Gasteiger partial charge >= 0.3 is 0 Å². The number of fused-ring (bicyclic) bond motifs is 1. The summed E-state index contributed by atoms with van der Waals surface area (Å²) in [5.41, 5.74) is 2.19. The zero-order valence-corrected chi connectivity index (χ0v) is 9.89. The van der Waals surface area contributed by atoms with Gasteiger partial charge < -0.3 is 4.74 Å². The van der Waals surface area contributed by atoms with Gasteiger partial charge in [-0.05, 0) is 29.8 Å². The third-order valence-corrected chi connectivity index (χ3v) is 3.04. The molecule has 0 unspecified atom stereocenters. The first-order valence-electron chi connectivity index (χ1n) is 5.52. The van der Waals surface area contributed by atoms with Crippen molar-refractivity contribution >= 4 is 17.7 Å². The lowest BCUT2D eigenvalue weighted by Gasteiger charge is -2.21. The Morgan fingerprint density at radius 1 is 1.00 bits per heavy atom. The Hall–Kier alpha value is -1.73. The third-order valence-electron chi connectivity index (χ3n) is 2.80. The van der Waals surface area contributed by atoms with Crippen LogP contribution < -0.4 is 4.74 Å². The smallest absolute Gasteiger partial charge is 0.142 e. The summed E-state index contributed by atoms with van der Waals surface area (Å²) in [6.45, 7) is 0. The summed E-state index contributed by atoms with van der Waals surface area (Å²) in [7, 11) is 0. The van der Waals surface area contributed by atoms with E-state index in [1.54, 1.807) is 0 Å². The second-order valence-electron chi connectivity index (χ2n) is 3.99. The summed E-state index contributed by atoms with van der Waals surface area (Å²) in [6.07, 6.45) is 4.10. The van der Waals surface area contributed by atoms with Crippen LogP contribution in [-0.2, 0) is 0 Å². The van der Waals surface area contributed by atoms with Crippen molar-refractivity contribution in [1.29, 1.82) is 0 Å². The van der Waals surface area contributed by atoms with Crippen LogP contribution in [0.2, 0.25) is 5.02 Å². The first-order valence-corrected chi connectivity index (χ1v) is 5.90. The number of benzene rings is 2. The first-order chi connectivity index (χ1) is 8.33. The van der Waals surface area contributed by atoms with Crippen LogP contribution in [0, 0.1) is 0 Å². The molecule has 2 heteroatoms. The van der Waals surface area contributed by atoms with Crippen LogP contribution in [0.1, 0.15) is 17.2 Å². The van der Waals surface area contributed by atoms with E-state index in [1.165, 1.54) is 0 Å². The SMILES string of the molecule is Clc1ccc2c(c1)C=C[C@H](c1ccccc1)O2. The number of rotatable bonds is 1. The van der Waals surface area contributed by atoms with E-state index in [-0.39, 0.29) is 6.10 Å². The van der Waals surface area contributed by atoms with Crippen LogP contribution in [-0.4, -0.2) is 0 Å². The van der Waals surface area contributed by atoms with Crippen molar-refractivity contribution in [3.8, 4) is 5.75 Å². The number of ether oxygens (including phenoxy) is 1. The van der Waals surface area contributed by atoms with Gasteiger partial charge in [0.25, 0.3) is 0 Å². The summed E-state index contributed by atoms with van der Waals surface area (Å²) in [6, 6.07) is 15.8. The maximum atomic E-state index is 5.94. The molecule has 3 rings (SSSR count). The molecule has 1 aliphatic heterocycles.